The van der Waals surface area contributed by atoms with Crippen LogP contribution in [0.5, 0.6) is 0 Å². The SMILES string of the molecule is CC(=O)c1cc(N2CCN(CCC3CCNCC3)CC2)ccc1C(=O)C(C)C. The van der Waals surface area contributed by atoms with Gasteiger partial charge in [0.05, 0.1) is 0 Å². The third-order valence-electron chi connectivity index (χ3n) is 6.22. The first-order chi connectivity index (χ1) is 13.5. The number of benzene rings is 1. The Balaban J connectivity index is 1.58. The van der Waals surface area contributed by atoms with Crippen LogP contribution < -0.4 is 10.2 Å². The van der Waals surface area contributed by atoms with Crippen molar-refractivity contribution in [2.24, 2.45) is 11.8 Å². The third-order valence-corrected chi connectivity index (χ3v) is 6.22. The molecule has 2 heterocycles. The molecule has 0 atom stereocenters. The Morgan fingerprint density at radius 1 is 1.07 bits per heavy atom. The van der Waals surface area contributed by atoms with Gasteiger partial charge in [0, 0.05) is 48.9 Å². The number of anilines is 1. The summed E-state index contributed by atoms with van der Waals surface area (Å²) in [6.45, 7) is 12.9. The lowest BCUT2D eigenvalue weighted by Crippen LogP contribution is -2.47. The monoisotopic (exact) mass is 385 g/mol. The molecule has 0 spiro atoms. The van der Waals surface area contributed by atoms with Gasteiger partial charge in [0.15, 0.2) is 11.6 Å². The Morgan fingerprint density at radius 3 is 2.36 bits per heavy atom. The van der Waals surface area contributed by atoms with E-state index in [4.69, 9.17) is 0 Å². The van der Waals surface area contributed by atoms with Gasteiger partial charge in [0.25, 0.3) is 0 Å². The fourth-order valence-corrected chi connectivity index (χ4v) is 4.31. The second-order valence-corrected chi connectivity index (χ2v) is 8.62. The zero-order valence-corrected chi connectivity index (χ0v) is 17.7. The van der Waals surface area contributed by atoms with Gasteiger partial charge in [-0.15, -0.1) is 0 Å². The molecule has 0 bridgehead atoms. The first kappa shape index (κ1) is 21.0. The van der Waals surface area contributed by atoms with E-state index in [1.807, 2.05) is 32.0 Å². The van der Waals surface area contributed by atoms with Crippen LogP contribution in [0.4, 0.5) is 5.69 Å². The minimum absolute atomic E-state index is 0.0357. The largest absolute Gasteiger partial charge is 0.369 e. The number of nitrogens with one attached hydrogen (secondary N) is 1. The molecule has 0 saturated carbocycles. The van der Waals surface area contributed by atoms with Crippen molar-refractivity contribution >= 4 is 17.3 Å². The van der Waals surface area contributed by atoms with E-state index in [0.29, 0.717) is 11.1 Å². The van der Waals surface area contributed by atoms with Gasteiger partial charge in [-0.1, -0.05) is 13.8 Å². The molecule has 0 unspecified atom stereocenters. The smallest absolute Gasteiger partial charge is 0.166 e. The molecule has 3 rings (SSSR count). The summed E-state index contributed by atoms with van der Waals surface area (Å²) in [7, 11) is 0. The molecule has 0 radical (unpaired) electrons. The summed E-state index contributed by atoms with van der Waals surface area (Å²) in [5, 5.41) is 3.44. The van der Waals surface area contributed by atoms with E-state index in [9.17, 15) is 9.59 Å². The van der Waals surface area contributed by atoms with Gasteiger partial charge in [0.1, 0.15) is 0 Å². The Hall–Kier alpha value is -1.72. The van der Waals surface area contributed by atoms with Crippen LogP contribution in [0.15, 0.2) is 18.2 Å². The van der Waals surface area contributed by atoms with Crippen LogP contribution in [0.1, 0.15) is 60.7 Å². The van der Waals surface area contributed by atoms with E-state index in [2.05, 4.69) is 15.1 Å². The van der Waals surface area contributed by atoms with Crippen LogP contribution in [0.25, 0.3) is 0 Å². The quantitative estimate of drug-likeness (QED) is 0.730. The normalized spacial score (nSPS) is 19.2. The second kappa shape index (κ2) is 9.66. The molecule has 2 aliphatic rings. The summed E-state index contributed by atoms with van der Waals surface area (Å²) in [5.41, 5.74) is 2.18. The van der Waals surface area contributed by atoms with Gasteiger partial charge in [0.2, 0.25) is 0 Å². The lowest BCUT2D eigenvalue weighted by Gasteiger charge is -2.37. The molecule has 154 valence electrons. The average Bonchev–Trinajstić information content (AvgIpc) is 2.72. The molecule has 1 aromatic carbocycles. The number of rotatable bonds is 7. The van der Waals surface area contributed by atoms with Crippen molar-refractivity contribution in [2.45, 2.75) is 40.0 Å². The van der Waals surface area contributed by atoms with Crippen LogP contribution in [-0.4, -0.2) is 62.3 Å². The topological polar surface area (TPSA) is 52.7 Å². The molecular formula is C23H35N3O2. The minimum Gasteiger partial charge on any atom is -0.369 e. The van der Waals surface area contributed by atoms with Gasteiger partial charge >= 0.3 is 0 Å². The molecule has 5 heteroatoms. The molecule has 5 nitrogen and oxygen atoms in total. The number of hydrogen-bond donors (Lipinski definition) is 1. The minimum atomic E-state index is -0.104. The Bertz CT molecular complexity index is 687. The second-order valence-electron chi connectivity index (χ2n) is 8.62. The number of carbonyl (C=O) groups excluding carboxylic acids is 2. The zero-order chi connectivity index (χ0) is 20.1. The van der Waals surface area contributed by atoms with Crippen molar-refractivity contribution in [3.8, 4) is 0 Å². The summed E-state index contributed by atoms with van der Waals surface area (Å²) in [5.74, 6) is 0.779. The van der Waals surface area contributed by atoms with Gasteiger partial charge < -0.3 is 10.2 Å². The summed E-state index contributed by atoms with van der Waals surface area (Å²) in [6, 6.07) is 5.77. The highest BCUT2D eigenvalue weighted by Crippen LogP contribution is 2.24. The van der Waals surface area contributed by atoms with Crippen LogP contribution in [0.3, 0.4) is 0 Å². The van der Waals surface area contributed by atoms with Crippen molar-refractivity contribution in [2.75, 3.05) is 50.7 Å². The van der Waals surface area contributed by atoms with Crippen molar-refractivity contribution in [1.82, 2.24) is 10.2 Å². The molecule has 2 saturated heterocycles. The maximum absolute atomic E-state index is 12.4. The Morgan fingerprint density at radius 2 is 1.75 bits per heavy atom. The van der Waals surface area contributed by atoms with Crippen LogP contribution in [-0.2, 0) is 0 Å². The highest BCUT2D eigenvalue weighted by Gasteiger charge is 2.22. The molecule has 1 N–H and O–H groups in total. The van der Waals surface area contributed by atoms with Crippen molar-refractivity contribution in [3.05, 3.63) is 29.3 Å². The predicted molar refractivity (Wildman–Crippen MR) is 114 cm³/mol. The fraction of sp³-hybridized carbons (Fsp3) is 0.652. The van der Waals surface area contributed by atoms with Crippen LogP contribution in [0.2, 0.25) is 0 Å². The summed E-state index contributed by atoms with van der Waals surface area (Å²) >= 11 is 0. The molecule has 28 heavy (non-hydrogen) atoms. The van der Waals surface area contributed by atoms with Crippen LogP contribution in [0, 0.1) is 11.8 Å². The fourth-order valence-electron chi connectivity index (χ4n) is 4.31. The lowest BCUT2D eigenvalue weighted by molar-refractivity contribution is 0.0927. The number of Topliss-reactive ketones (excluding diaryl/α,β-unsaturated/α-hetero) is 2. The summed E-state index contributed by atoms with van der Waals surface area (Å²) < 4.78 is 0. The van der Waals surface area contributed by atoms with Crippen molar-refractivity contribution < 1.29 is 9.59 Å². The van der Waals surface area contributed by atoms with Gasteiger partial charge in [-0.3, -0.25) is 14.5 Å². The maximum Gasteiger partial charge on any atom is 0.166 e. The number of nitrogens with zero attached hydrogens (tertiary/aromatic N) is 2. The van der Waals surface area contributed by atoms with E-state index >= 15 is 0 Å². The highest BCUT2D eigenvalue weighted by atomic mass is 16.1. The number of carbonyl (C=O) groups is 2. The summed E-state index contributed by atoms with van der Waals surface area (Å²) in [4.78, 5) is 29.5. The number of hydrogen-bond acceptors (Lipinski definition) is 5. The van der Waals surface area contributed by atoms with Crippen molar-refractivity contribution in [1.29, 1.82) is 0 Å². The molecule has 0 aliphatic carbocycles. The van der Waals surface area contributed by atoms with E-state index in [1.165, 1.54) is 38.9 Å². The zero-order valence-electron chi connectivity index (χ0n) is 17.7. The molecule has 0 aromatic heterocycles. The number of ketones is 2. The van der Waals surface area contributed by atoms with Crippen LogP contribution >= 0.6 is 0 Å². The van der Waals surface area contributed by atoms with E-state index in [1.54, 1.807) is 6.92 Å². The van der Waals surface area contributed by atoms with Crippen molar-refractivity contribution in [3.63, 3.8) is 0 Å². The standard InChI is InChI=1S/C23H35N3O2/c1-17(2)23(28)21-5-4-20(16-22(21)18(3)27)26-14-12-25(13-15-26)11-8-19-6-9-24-10-7-19/h4-5,16-17,19,24H,6-15H2,1-3H3. The number of piperidine rings is 1. The van der Waals surface area contributed by atoms with Gasteiger partial charge in [-0.05, 0) is 69.9 Å². The maximum atomic E-state index is 12.4. The molecule has 0 amide bonds. The first-order valence-electron chi connectivity index (χ1n) is 10.8. The number of piperazine rings is 1. The first-order valence-corrected chi connectivity index (χ1v) is 10.8. The van der Waals surface area contributed by atoms with E-state index in [-0.39, 0.29) is 17.5 Å². The van der Waals surface area contributed by atoms with Gasteiger partial charge in [-0.2, -0.15) is 0 Å². The lowest BCUT2D eigenvalue weighted by atomic mass is 9.94. The highest BCUT2D eigenvalue weighted by molar-refractivity contribution is 6.09. The third kappa shape index (κ3) is 5.21. The Labute approximate surface area is 169 Å². The van der Waals surface area contributed by atoms with E-state index < -0.39 is 0 Å². The predicted octanol–water partition coefficient (Wildman–Crippen LogP) is 3.24. The van der Waals surface area contributed by atoms with Gasteiger partial charge in [-0.25, -0.2) is 0 Å². The summed E-state index contributed by atoms with van der Waals surface area (Å²) in [6.07, 6.45) is 3.94. The molecule has 2 aliphatic heterocycles. The molecule has 1 aromatic rings. The van der Waals surface area contributed by atoms with E-state index in [0.717, 1.165) is 37.8 Å². The molecular weight excluding hydrogens is 350 g/mol. The Kier molecular flexibility index (Phi) is 7.24. The average molecular weight is 386 g/mol. The molecule has 2 fully saturated rings.